The maximum absolute atomic E-state index is 12.6. The number of fused-ring (bicyclic) bond motifs is 3. The van der Waals surface area contributed by atoms with Gasteiger partial charge in [0.05, 0.1) is 12.2 Å². The van der Waals surface area contributed by atoms with Crippen molar-refractivity contribution in [2.75, 3.05) is 6.61 Å². The smallest absolute Gasteiger partial charge is 0.166 e. The summed E-state index contributed by atoms with van der Waals surface area (Å²) < 4.78 is 5.66. The second-order valence-corrected chi connectivity index (χ2v) is 6.45. The van der Waals surface area contributed by atoms with E-state index in [4.69, 9.17) is 4.74 Å². The molecule has 0 aromatic heterocycles. The third-order valence-electron chi connectivity index (χ3n) is 5.35. The lowest BCUT2D eigenvalue weighted by Crippen LogP contribution is -2.15. The van der Waals surface area contributed by atoms with Gasteiger partial charge in [0.2, 0.25) is 0 Å². The molecule has 1 aromatic carbocycles. The first-order chi connectivity index (χ1) is 9.31. The van der Waals surface area contributed by atoms with Gasteiger partial charge in [0.25, 0.3) is 0 Å². The largest absolute Gasteiger partial charge is 0.492 e. The summed E-state index contributed by atoms with van der Waals surface area (Å²) in [6.45, 7) is 0.730. The van der Waals surface area contributed by atoms with Gasteiger partial charge < -0.3 is 4.74 Å². The van der Waals surface area contributed by atoms with Crippen molar-refractivity contribution in [1.29, 1.82) is 0 Å². The highest BCUT2D eigenvalue weighted by Gasteiger charge is 2.40. The zero-order valence-corrected chi connectivity index (χ0v) is 11.2. The molecule has 2 fully saturated rings. The Hall–Kier alpha value is -1.31. The molecule has 1 heterocycles. The van der Waals surface area contributed by atoms with E-state index in [0.29, 0.717) is 11.7 Å². The average Bonchev–Trinajstić information content (AvgIpc) is 3.13. The van der Waals surface area contributed by atoms with Crippen molar-refractivity contribution >= 4 is 5.78 Å². The predicted octanol–water partition coefficient (Wildman–Crippen LogP) is 3.63. The van der Waals surface area contributed by atoms with E-state index < -0.39 is 0 Å². The lowest BCUT2D eigenvalue weighted by Gasteiger charge is -2.21. The van der Waals surface area contributed by atoms with Crippen molar-refractivity contribution in [2.24, 2.45) is 17.8 Å². The highest BCUT2D eigenvalue weighted by atomic mass is 16.5. The molecule has 0 saturated heterocycles. The molecule has 3 aliphatic rings. The zero-order chi connectivity index (χ0) is 12.8. The zero-order valence-electron chi connectivity index (χ0n) is 11.2. The summed E-state index contributed by atoms with van der Waals surface area (Å²) in [7, 11) is 0. The molecule has 0 spiro atoms. The van der Waals surface area contributed by atoms with Crippen LogP contribution < -0.4 is 4.74 Å². The first-order valence-electron chi connectivity index (χ1n) is 7.59. The molecule has 1 aliphatic heterocycles. The van der Waals surface area contributed by atoms with E-state index in [0.717, 1.165) is 42.6 Å². The molecular formula is C17H20O2. The standard InChI is InChI=1S/C17H20O2/c18-16(10-14-9-11-4-5-13(14)8-11)15-3-1-2-12-6-7-19-17(12)15/h1-3,11,13-14H,4-10H2. The van der Waals surface area contributed by atoms with Crippen LogP contribution in [0.25, 0.3) is 0 Å². The van der Waals surface area contributed by atoms with Crippen LogP contribution in [0.1, 0.15) is 48.0 Å². The molecule has 2 saturated carbocycles. The molecule has 2 bridgehead atoms. The van der Waals surface area contributed by atoms with E-state index in [-0.39, 0.29) is 0 Å². The fourth-order valence-electron chi connectivity index (χ4n) is 4.41. The van der Waals surface area contributed by atoms with E-state index in [9.17, 15) is 4.79 Å². The Morgan fingerprint density at radius 1 is 1.26 bits per heavy atom. The molecular weight excluding hydrogens is 236 g/mol. The van der Waals surface area contributed by atoms with E-state index in [1.165, 1.54) is 31.2 Å². The highest BCUT2D eigenvalue weighted by molar-refractivity contribution is 5.99. The topological polar surface area (TPSA) is 26.3 Å². The number of hydrogen-bond donors (Lipinski definition) is 0. The number of carbonyl (C=O) groups is 1. The minimum Gasteiger partial charge on any atom is -0.492 e. The lowest BCUT2D eigenvalue weighted by molar-refractivity contribution is 0.0941. The molecule has 4 rings (SSSR count). The van der Waals surface area contributed by atoms with Gasteiger partial charge in [0.1, 0.15) is 5.75 Å². The molecule has 2 aliphatic carbocycles. The van der Waals surface area contributed by atoms with Crippen LogP contribution in [0, 0.1) is 17.8 Å². The molecule has 0 N–H and O–H groups in total. The van der Waals surface area contributed by atoms with Gasteiger partial charge in [-0.2, -0.15) is 0 Å². The van der Waals surface area contributed by atoms with Gasteiger partial charge >= 0.3 is 0 Å². The Bertz CT molecular complexity index is 520. The van der Waals surface area contributed by atoms with Crippen molar-refractivity contribution in [2.45, 2.75) is 38.5 Å². The summed E-state index contributed by atoms with van der Waals surface area (Å²) in [6.07, 6.45) is 7.10. The number of para-hydroxylation sites is 1. The molecule has 19 heavy (non-hydrogen) atoms. The number of rotatable bonds is 3. The van der Waals surface area contributed by atoms with Crippen LogP contribution >= 0.6 is 0 Å². The Morgan fingerprint density at radius 2 is 2.21 bits per heavy atom. The number of ether oxygens (including phenoxy) is 1. The van der Waals surface area contributed by atoms with E-state index in [2.05, 4.69) is 6.07 Å². The molecule has 0 amide bonds. The van der Waals surface area contributed by atoms with Gasteiger partial charge in [-0.25, -0.2) is 0 Å². The number of Topliss-reactive ketones (excluding diaryl/α,β-unsaturated/α-hetero) is 1. The van der Waals surface area contributed by atoms with Crippen LogP contribution in [0.5, 0.6) is 5.75 Å². The average molecular weight is 256 g/mol. The first-order valence-corrected chi connectivity index (χ1v) is 7.59. The molecule has 1 aromatic rings. The van der Waals surface area contributed by atoms with Gasteiger partial charge in [-0.05, 0) is 48.6 Å². The minimum absolute atomic E-state index is 0.302. The van der Waals surface area contributed by atoms with Crippen LogP contribution in [0.3, 0.4) is 0 Å². The van der Waals surface area contributed by atoms with Crippen LogP contribution in [-0.4, -0.2) is 12.4 Å². The van der Waals surface area contributed by atoms with E-state index in [1.807, 2.05) is 12.1 Å². The summed E-state index contributed by atoms with van der Waals surface area (Å²) >= 11 is 0. The second kappa shape index (κ2) is 4.36. The number of benzene rings is 1. The quantitative estimate of drug-likeness (QED) is 0.772. The third kappa shape index (κ3) is 1.89. The molecule has 3 unspecified atom stereocenters. The molecule has 100 valence electrons. The van der Waals surface area contributed by atoms with Gasteiger partial charge in [-0.3, -0.25) is 4.79 Å². The van der Waals surface area contributed by atoms with Gasteiger partial charge in [-0.15, -0.1) is 0 Å². The maximum Gasteiger partial charge on any atom is 0.166 e. The van der Waals surface area contributed by atoms with Crippen LogP contribution in [0.2, 0.25) is 0 Å². The molecule has 2 heteroatoms. The van der Waals surface area contributed by atoms with Crippen LogP contribution in [-0.2, 0) is 6.42 Å². The van der Waals surface area contributed by atoms with Crippen LogP contribution in [0.15, 0.2) is 18.2 Å². The summed E-state index contributed by atoms with van der Waals surface area (Å²) in [5.41, 5.74) is 2.04. The third-order valence-corrected chi connectivity index (χ3v) is 5.35. The minimum atomic E-state index is 0.302. The summed E-state index contributed by atoms with van der Waals surface area (Å²) in [5, 5.41) is 0. The number of hydrogen-bond acceptors (Lipinski definition) is 2. The Labute approximate surface area is 114 Å². The molecule has 3 atom stereocenters. The maximum atomic E-state index is 12.6. The first kappa shape index (κ1) is 11.5. The van der Waals surface area contributed by atoms with Crippen molar-refractivity contribution in [1.82, 2.24) is 0 Å². The number of ketones is 1. The monoisotopic (exact) mass is 256 g/mol. The Kier molecular flexibility index (Phi) is 2.64. The van der Waals surface area contributed by atoms with E-state index >= 15 is 0 Å². The highest BCUT2D eigenvalue weighted by Crippen LogP contribution is 2.50. The van der Waals surface area contributed by atoms with Gasteiger partial charge in [0.15, 0.2) is 5.78 Å². The fraction of sp³-hybridized carbons (Fsp3) is 0.588. The SMILES string of the molecule is O=C(CC1CC2CCC1C2)c1cccc2c1OCC2. The fourth-order valence-corrected chi connectivity index (χ4v) is 4.41. The lowest BCUT2D eigenvalue weighted by atomic mass is 9.84. The molecule has 0 radical (unpaired) electrons. The van der Waals surface area contributed by atoms with Gasteiger partial charge in [-0.1, -0.05) is 18.6 Å². The van der Waals surface area contributed by atoms with E-state index in [1.54, 1.807) is 0 Å². The summed E-state index contributed by atoms with van der Waals surface area (Å²) in [4.78, 5) is 12.6. The normalized spacial score (nSPS) is 31.3. The van der Waals surface area contributed by atoms with Crippen molar-refractivity contribution in [3.8, 4) is 5.75 Å². The summed E-state index contributed by atoms with van der Waals surface area (Å²) in [6, 6.07) is 6.03. The Morgan fingerprint density at radius 3 is 3.00 bits per heavy atom. The molecule has 2 nitrogen and oxygen atoms in total. The number of carbonyl (C=O) groups excluding carboxylic acids is 1. The van der Waals surface area contributed by atoms with Gasteiger partial charge in [0, 0.05) is 12.8 Å². The van der Waals surface area contributed by atoms with Crippen molar-refractivity contribution in [3.05, 3.63) is 29.3 Å². The Balaban J connectivity index is 1.53. The van der Waals surface area contributed by atoms with Crippen molar-refractivity contribution in [3.63, 3.8) is 0 Å². The second-order valence-electron chi connectivity index (χ2n) is 6.45. The predicted molar refractivity (Wildman–Crippen MR) is 73.5 cm³/mol. The summed E-state index contributed by atoms with van der Waals surface area (Å²) in [5.74, 6) is 3.56. The van der Waals surface area contributed by atoms with Crippen LogP contribution in [0.4, 0.5) is 0 Å². The van der Waals surface area contributed by atoms with Crippen molar-refractivity contribution < 1.29 is 9.53 Å².